The number of amides is 2. The van der Waals surface area contributed by atoms with E-state index in [0.29, 0.717) is 30.8 Å². The summed E-state index contributed by atoms with van der Waals surface area (Å²) in [4.78, 5) is 29.8. The minimum Gasteiger partial charge on any atom is -0.403 e. The number of hydrogen-bond acceptors (Lipinski definition) is 7. The predicted octanol–water partition coefficient (Wildman–Crippen LogP) is -0.331. The minimum atomic E-state index is -0.537. The van der Waals surface area contributed by atoms with Gasteiger partial charge >= 0.3 is 0 Å². The van der Waals surface area contributed by atoms with Crippen LogP contribution in [0.25, 0.3) is 0 Å². The van der Waals surface area contributed by atoms with Crippen LogP contribution in [0, 0.1) is 0 Å². The van der Waals surface area contributed by atoms with Gasteiger partial charge in [-0.15, -0.1) is 0 Å². The topological polar surface area (TPSA) is 120 Å². The SMILES string of the molecule is CNCCC[C@@H](NC(=O)c1ccc(N(N)/C=C\N)cc1)C(=O)N1CCN(C)CC1. The Hall–Kier alpha value is -2.62. The molecular formula is C20H33N7O2. The van der Waals surface area contributed by atoms with E-state index in [4.69, 9.17) is 11.6 Å². The fourth-order valence-corrected chi connectivity index (χ4v) is 3.19. The zero-order valence-corrected chi connectivity index (χ0v) is 17.3. The summed E-state index contributed by atoms with van der Waals surface area (Å²) in [7, 11) is 3.92. The molecule has 1 aliphatic heterocycles. The highest BCUT2D eigenvalue weighted by Gasteiger charge is 2.27. The van der Waals surface area contributed by atoms with Crippen LogP contribution in [0.3, 0.4) is 0 Å². The van der Waals surface area contributed by atoms with Gasteiger partial charge in [-0.3, -0.25) is 14.6 Å². The summed E-state index contributed by atoms with van der Waals surface area (Å²) >= 11 is 0. The molecule has 2 amide bonds. The first-order valence-corrected chi connectivity index (χ1v) is 9.91. The van der Waals surface area contributed by atoms with Gasteiger partial charge < -0.3 is 26.2 Å². The van der Waals surface area contributed by atoms with Gasteiger partial charge in [0.25, 0.3) is 5.91 Å². The van der Waals surface area contributed by atoms with Crippen LogP contribution in [-0.4, -0.2) is 74.5 Å². The molecule has 0 bridgehead atoms. The number of carbonyl (C=O) groups is 2. The van der Waals surface area contributed by atoms with E-state index in [2.05, 4.69) is 15.5 Å². The van der Waals surface area contributed by atoms with Crippen molar-refractivity contribution >= 4 is 17.5 Å². The van der Waals surface area contributed by atoms with Crippen LogP contribution in [0.5, 0.6) is 0 Å². The molecule has 0 aliphatic carbocycles. The van der Waals surface area contributed by atoms with E-state index in [0.717, 1.165) is 26.1 Å². The van der Waals surface area contributed by atoms with E-state index < -0.39 is 6.04 Å². The third kappa shape index (κ3) is 6.74. The van der Waals surface area contributed by atoms with Gasteiger partial charge in [-0.1, -0.05) is 0 Å². The van der Waals surface area contributed by atoms with Crippen LogP contribution in [0.4, 0.5) is 5.69 Å². The van der Waals surface area contributed by atoms with Gasteiger partial charge in [0.15, 0.2) is 0 Å². The fraction of sp³-hybridized carbons (Fsp3) is 0.500. The molecule has 29 heavy (non-hydrogen) atoms. The van der Waals surface area contributed by atoms with Crippen molar-refractivity contribution in [2.75, 3.05) is 51.8 Å². The first kappa shape index (κ1) is 22.7. The van der Waals surface area contributed by atoms with Gasteiger partial charge in [-0.25, -0.2) is 5.84 Å². The molecule has 160 valence electrons. The Morgan fingerprint density at radius 3 is 2.45 bits per heavy atom. The third-order valence-corrected chi connectivity index (χ3v) is 5.01. The molecule has 1 aliphatic rings. The molecule has 1 aromatic carbocycles. The maximum atomic E-state index is 13.0. The maximum absolute atomic E-state index is 13.0. The highest BCUT2D eigenvalue weighted by atomic mass is 16.2. The van der Waals surface area contributed by atoms with Crippen LogP contribution >= 0.6 is 0 Å². The molecule has 2 rings (SSSR count). The molecule has 6 N–H and O–H groups in total. The van der Waals surface area contributed by atoms with Gasteiger partial charge in [-0.05, 0) is 57.7 Å². The quantitative estimate of drug-likeness (QED) is 0.253. The molecule has 9 heteroatoms. The lowest BCUT2D eigenvalue weighted by molar-refractivity contribution is -0.135. The van der Waals surface area contributed by atoms with Crippen molar-refractivity contribution in [1.82, 2.24) is 20.4 Å². The summed E-state index contributed by atoms with van der Waals surface area (Å²) < 4.78 is 0. The number of nitrogens with one attached hydrogen (secondary N) is 2. The molecule has 0 unspecified atom stereocenters. The van der Waals surface area contributed by atoms with E-state index in [1.807, 2.05) is 19.0 Å². The molecule has 1 fully saturated rings. The number of likely N-dealkylation sites (N-methyl/N-ethyl adjacent to an activating group) is 1. The summed E-state index contributed by atoms with van der Waals surface area (Å²) in [6.07, 6.45) is 4.24. The molecule has 1 atom stereocenters. The number of carbonyl (C=O) groups excluding carboxylic acids is 2. The second-order valence-electron chi connectivity index (χ2n) is 7.20. The number of anilines is 1. The van der Waals surface area contributed by atoms with Crippen molar-refractivity contribution in [2.45, 2.75) is 18.9 Å². The fourth-order valence-electron chi connectivity index (χ4n) is 3.19. The summed E-state index contributed by atoms with van der Waals surface area (Å²) in [6.45, 7) is 3.85. The highest BCUT2D eigenvalue weighted by Crippen LogP contribution is 2.14. The Morgan fingerprint density at radius 2 is 1.86 bits per heavy atom. The molecule has 1 heterocycles. The Morgan fingerprint density at radius 1 is 1.21 bits per heavy atom. The first-order valence-electron chi connectivity index (χ1n) is 9.91. The van der Waals surface area contributed by atoms with Gasteiger partial charge in [0, 0.05) is 44.1 Å². The number of hydrazine groups is 1. The number of nitrogens with zero attached hydrogens (tertiary/aromatic N) is 3. The molecule has 9 nitrogen and oxygen atoms in total. The van der Waals surface area contributed by atoms with E-state index in [-0.39, 0.29) is 11.8 Å². The average Bonchev–Trinajstić information content (AvgIpc) is 2.73. The molecule has 0 aromatic heterocycles. The highest BCUT2D eigenvalue weighted by molar-refractivity contribution is 5.97. The first-order chi connectivity index (χ1) is 14.0. The zero-order valence-electron chi connectivity index (χ0n) is 17.3. The molecule has 0 spiro atoms. The number of rotatable bonds is 9. The van der Waals surface area contributed by atoms with Gasteiger partial charge in [0.05, 0.1) is 5.69 Å². The molecule has 1 saturated heterocycles. The number of benzene rings is 1. The second-order valence-corrected chi connectivity index (χ2v) is 7.20. The largest absolute Gasteiger partial charge is 0.403 e. The van der Waals surface area contributed by atoms with Crippen LogP contribution < -0.4 is 27.2 Å². The van der Waals surface area contributed by atoms with Crippen molar-refractivity contribution in [3.8, 4) is 0 Å². The van der Waals surface area contributed by atoms with Crippen LogP contribution in [0.1, 0.15) is 23.2 Å². The van der Waals surface area contributed by atoms with Crippen molar-refractivity contribution in [3.05, 3.63) is 42.2 Å². The molecule has 0 radical (unpaired) electrons. The van der Waals surface area contributed by atoms with Crippen molar-refractivity contribution in [2.24, 2.45) is 11.6 Å². The predicted molar refractivity (Wildman–Crippen MR) is 115 cm³/mol. The van der Waals surface area contributed by atoms with Gasteiger partial charge in [0.1, 0.15) is 6.04 Å². The Labute approximate surface area is 172 Å². The zero-order chi connectivity index (χ0) is 21.2. The van der Waals surface area contributed by atoms with Crippen molar-refractivity contribution < 1.29 is 9.59 Å². The normalized spacial score (nSPS) is 16.0. The monoisotopic (exact) mass is 403 g/mol. The minimum absolute atomic E-state index is 0.0135. The average molecular weight is 404 g/mol. The van der Waals surface area contributed by atoms with E-state index >= 15 is 0 Å². The van der Waals surface area contributed by atoms with Gasteiger partial charge in [0.2, 0.25) is 5.91 Å². The molecule has 0 saturated carbocycles. The Balaban J connectivity index is 2.04. The van der Waals surface area contributed by atoms with Crippen molar-refractivity contribution in [1.29, 1.82) is 0 Å². The molecule has 1 aromatic rings. The summed E-state index contributed by atoms with van der Waals surface area (Å²) in [6, 6.07) is 6.28. The maximum Gasteiger partial charge on any atom is 0.251 e. The number of nitrogens with two attached hydrogens (primary N) is 2. The number of hydrogen-bond donors (Lipinski definition) is 4. The molecular weight excluding hydrogens is 370 g/mol. The summed E-state index contributed by atoms with van der Waals surface area (Å²) in [5.74, 6) is 5.53. The van der Waals surface area contributed by atoms with E-state index in [1.54, 1.807) is 24.3 Å². The Kier molecular flexibility index (Phi) is 8.91. The standard InChI is InChI=1S/C20H33N7O2/c1-23-10-3-4-18(20(29)26-14-12-25(2)13-15-26)24-19(28)16-5-7-17(8-6-16)27(22)11-9-21/h5-9,11,18,23H,3-4,10,12-15,21-22H2,1-2H3,(H,24,28)/b11-9-/t18-/m1/s1. The van der Waals surface area contributed by atoms with E-state index in [9.17, 15) is 9.59 Å². The van der Waals surface area contributed by atoms with Crippen molar-refractivity contribution in [3.63, 3.8) is 0 Å². The smallest absolute Gasteiger partial charge is 0.251 e. The van der Waals surface area contributed by atoms with E-state index in [1.165, 1.54) is 17.4 Å². The van der Waals surface area contributed by atoms with Crippen LogP contribution in [0.15, 0.2) is 36.7 Å². The lowest BCUT2D eigenvalue weighted by Crippen LogP contribution is -2.54. The summed E-state index contributed by atoms with van der Waals surface area (Å²) in [5.41, 5.74) is 6.51. The number of piperazine rings is 1. The van der Waals surface area contributed by atoms with Gasteiger partial charge in [-0.2, -0.15) is 0 Å². The van der Waals surface area contributed by atoms with Crippen LogP contribution in [-0.2, 0) is 4.79 Å². The summed E-state index contributed by atoms with van der Waals surface area (Å²) in [5, 5.41) is 7.37. The van der Waals surface area contributed by atoms with Crippen LogP contribution in [0.2, 0.25) is 0 Å². The third-order valence-electron chi connectivity index (χ3n) is 5.01. The lowest BCUT2D eigenvalue weighted by Gasteiger charge is -2.34. The second kappa shape index (κ2) is 11.4. The lowest BCUT2D eigenvalue weighted by atomic mass is 10.1. The Bertz CT molecular complexity index is 685.